The van der Waals surface area contributed by atoms with E-state index in [9.17, 15) is 27.5 Å². The van der Waals surface area contributed by atoms with E-state index in [1.54, 1.807) is 25.1 Å². The minimum Gasteiger partial charge on any atom is -0.490 e. The average molecular weight is 679 g/mol. The van der Waals surface area contributed by atoms with E-state index in [0.717, 1.165) is 25.1 Å². The maximum atomic E-state index is 14.3. The Morgan fingerprint density at radius 3 is 2.49 bits per heavy atom. The largest absolute Gasteiger partial charge is 0.490 e. The number of amides is 2. The highest BCUT2D eigenvalue weighted by Gasteiger charge is 2.32. The summed E-state index contributed by atoms with van der Waals surface area (Å²) in [5.41, 5.74) is 0.712. The highest BCUT2D eigenvalue weighted by Crippen LogP contribution is 2.29. The summed E-state index contributed by atoms with van der Waals surface area (Å²) in [6, 6.07) is 9.09. The summed E-state index contributed by atoms with van der Waals surface area (Å²) < 4.78 is 53.9. The molecule has 0 aliphatic carbocycles. The van der Waals surface area contributed by atoms with E-state index in [1.807, 2.05) is 32.8 Å². The van der Waals surface area contributed by atoms with Gasteiger partial charge < -0.3 is 29.7 Å². The second-order valence-electron chi connectivity index (χ2n) is 12.7. The second kappa shape index (κ2) is 17.9. The van der Waals surface area contributed by atoms with Crippen LogP contribution in [0.15, 0.2) is 47.4 Å². The summed E-state index contributed by atoms with van der Waals surface area (Å²) in [5.74, 6) is -1.07. The van der Waals surface area contributed by atoms with Crippen LogP contribution in [0.5, 0.6) is 5.75 Å². The normalized spacial score (nSPS) is 20.8. The second-order valence-corrected chi connectivity index (χ2v) is 14.8. The summed E-state index contributed by atoms with van der Waals surface area (Å²) in [6.07, 6.45) is 2.39. The zero-order valence-electron chi connectivity index (χ0n) is 28.4. The lowest BCUT2D eigenvalue weighted by atomic mass is 10.0. The number of rotatable bonds is 11. The Balaban J connectivity index is 1.92. The van der Waals surface area contributed by atoms with Gasteiger partial charge in [0.25, 0.3) is 5.91 Å². The third-order valence-electron chi connectivity index (χ3n) is 8.30. The molecular weight excluding hydrogens is 627 g/mol. The molecule has 0 aromatic heterocycles. The van der Waals surface area contributed by atoms with Crippen molar-refractivity contribution in [1.82, 2.24) is 14.1 Å². The Hall–Kier alpha value is -3.10. The van der Waals surface area contributed by atoms with Crippen molar-refractivity contribution >= 4 is 27.5 Å². The van der Waals surface area contributed by atoms with Crippen LogP contribution in [0.25, 0.3) is 0 Å². The number of halogens is 1. The number of sulfonamides is 1. The molecule has 3 rings (SSSR count). The molecule has 1 heterocycles. The Bertz CT molecular complexity index is 1420. The number of nitrogens with zero attached hydrogens (tertiary/aromatic N) is 3. The number of benzene rings is 2. The molecule has 0 saturated carbocycles. The van der Waals surface area contributed by atoms with Gasteiger partial charge >= 0.3 is 0 Å². The molecule has 262 valence electrons. The molecule has 0 radical (unpaired) electrons. The van der Waals surface area contributed by atoms with Crippen molar-refractivity contribution in [3.63, 3.8) is 0 Å². The SMILES string of the molecule is C[C@@H]1CCCCO[C@@H](CN(C)S(=O)(=O)c2ccc(F)cc2)[C@@H](C)CN([C@H](C)CO)C(=O)c2cc(NC(=O)CCCN(C)C)ccc2O1. The van der Waals surface area contributed by atoms with Gasteiger partial charge in [-0.2, -0.15) is 4.31 Å². The molecule has 2 aromatic rings. The van der Waals surface area contributed by atoms with Crippen molar-refractivity contribution in [3.05, 3.63) is 53.8 Å². The third kappa shape index (κ3) is 11.2. The molecule has 1 aliphatic heterocycles. The number of hydrogen-bond acceptors (Lipinski definition) is 8. The number of fused-ring (bicyclic) bond motifs is 1. The van der Waals surface area contributed by atoms with Crippen molar-refractivity contribution in [1.29, 1.82) is 0 Å². The van der Waals surface area contributed by atoms with Crippen LogP contribution < -0.4 is 10.1 Å². The monoisotopic (exact) mass is 678 g/mol. The summed E-state index contributed by atoms with van der Waals surface area (Å²) in [4.78, 5) is 30.5. The first-order chi connectivity index (χ1) is 22.2. The molecule has 4 atom stereocenters. The van der Waals surface area contributed by atoms with Crippen molar-refractivity contribution in [2.75, 3.05) is 59.3 Å². The van der Waals surface area contributed by atoms with Gasteiger partial charge in [-0.1, -0.05) is 6.92 Å². The van der Waals surface area contributed by atoms with Gasteiger partial charge in [0, 0.05) is 44.8 Å². The van der Waals surface area contributed by atoms with Crippen molar-refractivity contribution in [2.24, 2.45) is 5.92 Å². The number of hydrogen-bond donors (Lipinski definition) is 2. The average Bonchev–Trinajstić information content (AvgIpc) is 3.02. The first kappa shape index (κ1) is 38.3. The summed E-state index contributed by atoms with van der Waals surface area (Å²) in [7, 11) is 1.40. The highest BCUT2D eigenvalue weighted by molar-refractivity contribution is 7.89. The number of likely N-dealkylation sites (N-methyl/N-ethyl adjacent to an activating group) is 1. The number of aliphatic hydroxyl groups is 1. The standard InChI is InChI=1S/C34H51FN4O7S/c1-24-21-39(25(2)23-40)34(42)30-20-28(36-33(41)11-9-18-37(4)5)14-17-31(30)46-26(3)10-7-8-19-45-32(24)22-38(6)47(43,44)29-15-12-27(35)13-16-29/h12-17,20,24-26,32,40H,7-11,18-19,21-23H2,1-6H3,(H,36,41)/t24-,25+,26+,32-/m0/s1. The molecule has 0 saturated heterocycles. The zero-order valence-corrected chi connectivity index (χ0v) is 29.3. The molecular formula is C34H51FN4O7S. The van der Waals surface area contributed by atoms with Crippen LogP contribution in [-0.4, -0.2) is 112 Å². The smallest absolute Gasteiger partial charge is 0.258 e. The number of ether oxygens (including phenoxy) is 2. The van der Waals surface area contributed by atoms with Crippen LogP contribution in [0.3, 0.4) is 0 Å². The van der Waals surface area contributed by atoms with Crippen molar-refractivity contribution in [3.8, 4) is 5.75 Å². The van der Waals surface area contributed by atoms with Gasteiger partial charge in [0.15, 0.2) is 0 Å². The van der Waals surface area contributed by atoms with E-state index in [-0.39, 0.29) is 48.1 Å². The number of anilines is 1. The molecule has 47 heavy (non-hydrogen) atoms. The molecule has 13 heteroatoms. The van der Waals surface area contributed by atoms with E-state index in [0.29, 0.717) is 43.7 Å². The fourth-order valence-corrected chi connectivity index (χ4v) is 6.56. The molecule has 0 unspecified atom stereocenters. The van der Waals surface area contributed by atoms with Crippen LogP contribution in [0.2, 0.25) is 0 Å². The first-order valence-corrected chi connectivity index (χ1v) is 17.7. The van der Waals surface area contributed by atoms with Gasteiger partial charge in [0.05, 0.1) is 35.3 Å². The van der Waals surface area contributed by atoms with Crippen LogP contribution in [0, 0.1) is 11.7 Å². The van der Waals surface area contributed by atoms with Crippen LogP contribution in [-0.2, 0) is 19.6 Å². The van der Waals surface area contributed by atoms with Crippen LogP contribution in [0.4, 0.5) is 10.1 Å². The topological polar surface area (TPSA) is 129 Å². The number of nitrogens with one attached hydrogen (secondary N) is 1. The Kier molecular flexibility index (Phi) is 14.6. The fraction of sp³-hybridized carbons (Fsp3) is 0.588. The van der Waals surface area contributed by atoms with E-state index < -0.39 is 33.9 Å². The summed E-state index contributed by atoms with van der Waals surface area (Å²) in [6.45, 7) is 6.52. The predicted octanol–water partition coefficient (Wildman–Crippen LogP) is 4.22. The Morgan fingerprint density at radius 1 is 1.13 bits per heavy atom. The highest BCUT2D eigenvalue weighted by atomic mass is 32.2. The molecule has 11 nitrogen and oxygen atoms in total. The van der Waals surface area contributed by atoms with Gasteiger partial charge in [-0.15, -0.1) is 0 Å². The quantitative estimate of drug-likeness (QED) is 0.362. The molecule has 2 aromatic carbocycles. The molecule has 0 fully saturated rings. The lowest BCUT2D eigenvalue weighted by Gasteiger charge is -2.35. The van der Waals surface area contributed by atoms with Crippen molar-refractivity contribution in [2.45, 2.75) is 76.0 Å². The summed E-state index contributed by atoms with van der Waals surface area (Å²) in [5, 5.41) is 13.1. The lowest BCUT2D eigenvalue weighted by molar-refractivity contribution is -0.116. The predicted molar refractivity (Wildman–Crippen MR) is 180 cm³/mol. The Morgan fingerprint density at radius 2 is 1.83 bits per heavy atom. The van der Waals surface area contributed by atoms with Gasteiger partial charge in [0.2, 0.25) is 15.9 Å². The molecule has 0 spiro atoms. The van der Waals surface area contributed by atoms with E-state index in [1.165, 1.54) is 28.4 Å². The van der Waals surface area contributed by atoms with Gasteiger partial charge in [-0.3, -0.25) is 9.59 Å². The van der Waals surface area contributed by atoms with Gasteiger partial charge in [-0.05, 0) is 103 Å². The number of carbonyl (C=O) groups excluding carboxylic acids is 2. The maximum absolute atomic E-state index is 14.3. The van der Waals surface area contributed by atoms with Crippen LogP contribution in [0.1, 0.15) is 63.2 Å². The maximum Gasteiger partial charge on any atom is 0.258 e. The van der Waals surface area contributed by atoms with E-state index in [4.69, 9.17) is 9.47 Å². The molecule has 2 amide bonds. The lowest BCUT2D eigenvalue weighted by Crippen LogP contribution is -2.48. The van der Waals surface area contributed by atoms with E-state index in [2.05, 4.69) is 5.32 Å². The number of carbonyl (C=O) groups is 2. The van der Waals surface area contributed by atoms with Crippen LogP contribution >= 0.6 is 0 Å². The zero-order chi connectivity index (χ0) is 34.7. The van der Waals surface area contributed by atoms with Crippen molar-refractivity contribution < 1.29 is 37.0 Å². The third-order valence-corrected chi connectivity index (χ3v) is 10.1. The number of aliphatic hydroxyl groups excluding tert-OH is 1. The molecule has 0 bridgehead atoms. The first-order valence-electron chi connectivity index (χ1n) is 16.2. The summed E-state index contributed by atoms with van der Waals surface area (Å²) >= 11 is 0. The minimum atomic E-state index is -3.94. The van der Waals surface area contributed by atoms with Gasteiger partial charge in [0.1, 0.15) is 11.6 Å². The molecule has 1 aliphatic rings. The minimum absolute atomic E-state index is 0.00346. The Labute approximate surface area is 279 Å². The molecule has 2 N–H and O–H groups in total. The fourth-order valence-electron chi connectivity index (χ4n) is 5.38. The van der Waals surface area contributed by atoms with Gasteiger partial charge in [-0.25, -0.2) is 12.8 Å². The van der Waals surface area contributed by atoms with E-state index >= 15 is 0 Å².